The van der Waals surface area contributed by atoms with Crippen LogP contribution in [0.2, 0.25) is 5.02 Å². The summed E-state index contributed by atoms with van der Waals surface area (Å²) >= 11 is 8.30. The molecule has 1 heterocycles. The van der Waals surface area contributed by atoms with Crippen LogP contribution in [-0.2, 0) is 6.42 Å². The third kappa shape index (κ3) is 3.13. The van der Waals surface area contributed by atoms with Gasteiger partial charge < -0.3 is 5.32 Å². The number of rotatable bonds is 4. The molecule has 0 aliphatic carbocycles. The number of halogens is 1. The zero-order valence-electron chi connectivity index (χ0n) is 12.4. The molecule has 2 aromatic rings. The number of fused-ring (bicyclic) bond motifs is 1. The van der Waals surface area contributed by atoms with E-state index in [4.69, 9.17) is 11.6 Å². The molecule has 21 heavy (non-hydrogen) atoms. The van der Waals surface area contributed by atoms with E-state index >= 15 is 0 Å². The lowest BCUT2D eigenvalue weighted by Crippen LogP contribution is -2.30. The van der Waals surface area contributed by atoms with Crippen molar-refractivity contribution < 1.29 is 0 Å². The molecule has 0 bridgehead atoms. The van der Waals surface area contributed by atoms with E-state index in [1.807, 2.05) is 11.8 Å². The lowest BCUT2D eigenvalue weighted by Gasteiger charge is -2.24. The van der Waals surface area contributed by atoms with E-state index in [0.717, 1.165) is 23.6 Å². The first kappa shape index (κ1) is 15.0. The molecule has 2 aromatic carbocycles. The minimum Gasteiger partial charge on any atom is -0.309 e. The van der Waals surface area contributed by atoms with Gasteiger partial charge in [0, 0.05) is 21.2 Å². The van der Waals surface area contributed by atoms with Crippen LogP contribution < -0.4 is 5.32 Å². The highest BCUT2D eigenvalue weighted by atomic mass is 35.5. The second-order valence-corrected chi connectivity index (χ2v) is 7.20. The lowest BCUT2D eigenvalue weighted by molar-refractivity contribution is 0.531. The Morgan fingerprint density at radius 3 is 2.81 bits per heavy atom. The van der Waals surface area contributed by atoms with E-state index in [0.29, 0.717) is 11.3 Å². The maximum Gasteiger partial charge on any atom is 0.0447 e. The van der Waals surface area contributed by atoms with E-state index in [1.54, 1.807) is 0 Å². The van der Waals surface area contributed by atoms with Crippen LogP contribution >= 0.6 is 23.4 Å². The predicted molar refractivity (Wildman–Crippen MR) is 92.4 cm³/mol. The molecular formula is C18H20ClNS. The largest absolute Gasteiger partial charge is 0.309 e. The minimum absolute atomic E-state index is 0.338. The van der Waals surface area contributed by atoms with Crippen LogP contribution in [-0.4, -0.2) is 11.8 Å². The molecule has 1 aliphatic heterocycles. The summed E-state index contributed by atoms with van der Waals surface area (Å²) < 4.78 is 0. The van der Waals surface area contributed by atoms with Crippen LogP contribution in [0.4, 0.5) is 0 Å². The molecule has 0 saturated carbocycles. The minimum atomic E-state index is 0.338. The van der Waals surface area contributed by atoms with Crippen molar-refractivity contribution in [2.24, 2.45) is 0 Å². The Balaban J connectivity index is 1.87. The Morgan fingerprint density at radius 2 is 2.10 bits per heavy atom. The van der Waals surface area contributed by atoms with Gasteiger partial charge in [0.15, 0.2) is 0 Å². The van der Waals surface area contributed by atoms with Gasteiger partial charge >= 0.3 is 0 Å². The van der Waals surface area contributed by atoms with E-state index in [9.17, 15) is 0 Å². The van der Waals surface area contributed by atoms with Gasteiger partial charge in [-0.05, 0) is 48.7 Å². The quantitative estimate of drug-likeness (QED) is 0.850. The van der Waals surface area contributed by atoms with Crippen LogP contribution in [0, 0.1) is 6.92 Å². The van der Waals surface area contributed by atoms with Crippen molar-refractivity contribution in [1.82, 2.24) is 5.32 Å². The van der Waals surface area contributed by atoms with Gasteiger partial charge in [0.2, 0.25) is 0 Å². The Hall–Kier alpha value is -0.960. The summed E-state index contributed by atoms with van der Waals surface area (Å²) in [7, 11) is 0. The maximum atomic E-state index is 6.32. The lowest BCUT2D eigenvalue weighted by atomic mass is 9.98. The van der Waals surface area contributed by atoms with Crippen LogP contribution in [0.1, 0.15) is 29.7 Å². The van der Waals surface area contributed by atoms with Crippen LogP contribution in [0.3, 0.4) is 0 Å². The molecule has 3 heteroatoms. The van der Waals surface area contributed by atoms with Crippen LogP contribution in [0.5, 0.6) is 0 Å². The van der Waals surface area contributed by atoms with Gasteiger partial charge in [-0.2, -0.15) is 0 Å². The molecule has 2 unspecified atom stereocenters. The Bertz CT molecular complexity index is 616. The average Bonchev–Trinajstić information content (AvgIpc) is 2.91. The first-order valence-corrected chi connectivity index (χ1v) is 8.68. The molecule has 0 aromatic heterocycles. The molecule has 3 rings (SSSR count). The van der Waals surface area contributed by atoms with Crippen molar-refractivity contribution in [1.29, 1.82) is 0 Å². The van der Waals surface area contributed by atoms with E-state index in [-0.39, 0.29) is 0 Å². The second kappa shape index (κ2) is 6.43. The summed E-state index contributed by atoms with van der Waals surface area (Å²) in [5.74, 6) is 0. The summed E-state index contributed by atoms with van der Waals surface area (Å²) in [5, 5.41) is 5.03. The average molecular weight is 318 g/mol. The fourth-order valence-corrected chi connectivity index (χ4v) is 4.51. The standard InChI is InChI=1S/C18H20ClNS/c1-3-20-18(14-9-8-12(2)15(19)10-14)17-11-13-6-4-5-7-16(13)21-17/h4-10,17-18,20H,3,11H2,1-2H3. The van der Waals surface area contributed by atoms with Gasteiger partial charge in [-0.3, -0.25) is 0 Å². The normalized spacial score (nSPS) is 18.5. The number of thioether (sulfide) groups is 1. The second-order valence-electron chi connectivity index (χ2n) is 5.51. The molecule has 0 spiro atoms. The number of aryl methyl sites for hydroxylation is 1. The summed E-state index contributed by atoms with van der Waals surface area (Å²) in [6, 6.07) is 15.5. The molecule has 1 nitrogen and oxygen atoms in total. The van der Waals surface area contributed by atoms with Crippen molar-refractivity contribution in [2.45, 2.75) is 36.5 Å². The van der Waals surface area contributed by atoms with Gasteiger partial charge in [-0.1, -0.05) is 48.9 Å². The molecule has 110 valence electrons. The van der Waals surface area contributed by atoms with Gasteiger partial charge in [-0.25, -0.2) is 0 Å². The third-order valence-corrected chi connectivity index (χ3v) is 5.82. The first-order chi connectivity index (χ1) is 10.2. The van der Waals surface area contributed by atoms with Gasteiger partial charge in [0.25, 0.3) is 0 Å². The number of hydrogen-bond donors (Lipinski definition) is 1. The highest BCUT2D eigenvalue weighted by Gasteiger charge is 2.30. The molecule has 2 atom stereocenters. The summed E-state index contributed by atoms with van der Waals surface area (Å²) in [6.07, 6.45) is 1.12. The monoisotopic (exact) mass is 317 g/mol. The molecule has 1 aliphatic rings. The van der Waals surface area contributed by atoms with E-state index in [2.05, 4.69) is 61.6 Å². The van der Waals surface area contributed by atoms with Crippen LogP contribution in [0.15, 0.2) is 47.4 Å². The third-order valence-electron chi connectivity index (χ3n) is 4.02. The van der Waals surface area contributed by atoms with Crippen molar-refractivity contribution in [2.75, 3.05) is 6.54 Å². The number of hydrogen-bond acceptors (Lipinski definition) is 2. The Morgan fingerprint density at radius 1 is 1.29 bits per heavy atom. The summed E-state index contributed by atoms with van der Waals surface area (Å²) in [4.78, 5) is 1.42. The number of nitrogens with one attached hydrogen (secondary N) is 1. The molecule has 0 amide bonds. The zero-order valence-corrected chi connectivity index (χ0v) is 14.0. The molecule has 0 saturated heterocycles. The molecule has 0 radical (unpaired) electrons. The highest BCUT2D eigenvalue weighted by molar-refractivity contribution is 8.00. The Kier molecular flexibility index (Phi) is 4.58. The van der Waals surface area contributed by atoms with Crippen molar-refractivity contribution in [3.63, 3.8) is 0 Å². The molecule has 1 N–H and O–H groups in total. The Labute approximate surface area is 136 Å². The molecule has 0 fully saturated rings. The van der Waals surface area contributed by atoms with Crippen molar-refractivity contribution in [3.05, 3.63) is 64.2 Å². The predicted octanol–water partition coefficient (Wildman–Crippen LogP) is 5.02. The maximum absolute atomic E-state index is 6.32. The fraction of sp³-hybridized carbons (Fsp3) is 0.333. The van der Waals surface area contributed by atoms with Crippen molar-refractivity contribution in [3.8, 4) is 0 Å². The smallest absolute Gasteiger partial charge is 0.0447 e. The highest BCUT2D eigenvalue weighted by Crippen LogP contribution is 2.42. The summed E-state index contributed by atoms with van der Waals surface area (Å²) in [5.41, 5.74) is 3.89. The fourth-order valence-electron chi connectivity index (χ4n) is 2.88. The SMILES string of the molecule is CCNC(c1ccc(C)c(Cl)c1)C1Cc2ccccc2S1. The topological polar surface area (TPSA) is 12.0 Å². The number of benzene rings is 2. The van der Waals surface area contributed by atoms with E-state index in [1.165, 1.54) is 16.0 Å². The zero-order chi connectivity index (χ0) is 14.8. The first-order valence-electron chi connectivity index (χ1n) is 7.43. The van der Waals surface area contributed by atoms with Gasteiger partial charge in [0.05, 0.1) is 0 Å². The van der Waals surface area contributed by atoms with E-state index < -0.39 is 0 Å². The summed E-state index contributed by atoms with van der Waals surface area (Å²) in [6.45, 7) is 5.17. The van der Waals surface area contributed by atoms with Gasteiger partial charge in [-0.15, -0.1) is 11.8 Å². The van der Waals surface area contributed by atoms with Crippen molar-refractivity contribution >= 4 is 23.4 Å². The van der Waals surface area contributed by atoms with Crippen LogP contribution in [0.25, 0.3) is 0 Å². The van der Waals surface area contributed by atoms with Gasteiger partial charge in [0.1, 0.15) is 0 Å². The molecular weight excluding hydrogens is 298 g/mol.